The van der Waals surface area contributed by atoms with Crippen molar-refractivity contribution in [3.8, 4) is 0 Å². The fraction of sp³-hybridized carbons (Fsp3) is 0.846. The van der Waals surface area contributed by atoms with Gasteiger partial charge in [0.2, 0.25) is 0 Å². The molecular formula is C13H22N4. The van der Waals surface area contributed by atoms with E-state index in [-0.39, 0.29) is 5.54 Å². The number of aromatic nitrogens is 3. The summed E-state index contributed by atoms with van der Waals surface area (Å²) in [6.07, 6.45) is 13.0. The summed E-state index contributed by atoms with van der Waals surface area (Å²) in [5, 5.41) is 7.94. The largest absolute Gasteiger partial charge is 0.317 e. The molecule has 1 saturated carbocycles. The fourth-order valence-electron chi connectivity index (χ4n) is 3.76. The van der Waals surface area contributed by atoms with Gasteiger partial charge in [-0.2, -0.15) is 5.10 Å². The first-order valence-electron chi connectivity index (χ1n) is 6.98. The molecule has 4 nitrogen and oxygen atoms in total. The van der Waals surface area contributed by atoms with Crippen LogP contribution in [0.2, 0.25) is 0 Å². The van der Waals surface area contributed by atoms with Gasteiger partial charge in [0.15, 0.2) is 0 Å². The fourth-order valence-corrected chi connectivity index (χ4v) is 3.76. The van der Waals surface area contributed by atoms with E-state index in [2.05, 4.69) is 20.1 Å². The van der Waals surface area contributed by atoms with Gasteiger partial charge in [0, 0.05) is 0 Å². The second kappa shape index (κ2) is 4.77. The molecule has 2 fully saturated rings. The Morgan fingerprint density at radius 2 is 1.88 bits per heavy atom. The molecule has 0 amide bonds. The Morgan fingerprint density at radius 3 is 2.53 bits per heavy atom. The summed E-state index contributed by atoms with van der Waals surface area (Å²) in [5.41, 5.74) is 0.252. The number of piperidine rings is 1. The van der Waals surface area contributed by atoms with E-state index < -0.39 is 0 Å². The van der Waals surface area contributed by atoms with Crippen molar-refractivity contribution >= 4 is 0 Å². The summed E-state index contributed by atoms with van der Waals surface area (Å²) >= 11 is 0. The maximum atomic E-state index is 4.47. The molecule has 1 aromatic heterocycles. The molecule has 94 valence electrons. The molecule has 1 N–H and O–H groups in total. The number of nitrogens with zero attached hydrogens (tertiary/aromatic N) is 3. The zero-order valence-electron chi connectivity index (χ0n) is 10.4. The second-order valence-electron chi connectivity index (χ2n) is 5.53. The lowest BCUT2D eigenvalue weighted by Crippen LogP contribution is -2.50. The highest BCUT2D eigenvalue weighted by Crippen LogP contribution is 2.42. The van der Waals surface area contributed by atoms with Crippen LogP contribution in [0.3, 0.4) is 0 Å². The summed E-state index contributed by atoms with van der Waals surface area (Å²) in [5.74, 6) is 0.806. The summed E-state index contributed by atoms with van der Waals surface area (Å²) in [7, 11) is 0. The van der Waals surface area contributed by atoms with Gasteiger partial charge in [-0.05, 0) is 44.7 Å². The van der Waals surface area contributed by atoms with Gasteiger partial charge in [0.05, 0.1) is 5.54 Å². The molecule has 1 saturated heterocycles. The van der Waals surface area contributed by atoms with Crippen LogP contribution in [-0.4, -0.2) is 27.9 Å². The van der Waals surface area contributed by atoms with Crippen LogP contribution in [-0.2, 0) is 5.54 Å². The van der Waals surface area contributed by atoms with Crippen LogP contribution in [0.1, 0.15) is 44.9 Å². The first-order valence-corrected chi connectivity index (χ1v) is 6.98. The van der Waals surface area contributed by atoms with Gasteiger partial charge in [0.1, 0.15) is 12.7 Å². The second-order valence-corrected chi connectivity index (χ2v) is 5.53. The van der Waals surface area contributed by atoms with E-state index in [0.29, 0.717) is 0 Å². The molecule has 17 heavy (non-hydrogen) atoms. The molecule has 4 heteroatoms. The predicted molar refractivity (Wildman–Crippen MR) is 66.7 cm³/mol. The highest BCUT2D eigenvalue weighted by atomic mass is 15.4. The molecule has 1 aliphatic heterocycles. The number of hydrogen-bond donors (Lipinski definition) is 1. The van der Waals surface area contributed by atoms with Crippen molar-refractivity contribution in [2.45, 2.75) is 50.5 Å². The first kappa shape index (κ1) is 11.2. The van der Waals surface area contributed by atoms with Crippen molar-refractivity contribution in [3.05, 3.63) is 12.7 Å². The molecular weight excluding hydrogens is 212 g/mol. The lowest BCUT2D eigenvalue weighted by molar-refractivity contribution is 0.0713. The molecule has 0 bridgehead atoms. The zero-order chi connectivity index (χ0) is 11.6. The maximum Gasteiger partial charge on any atom is 0.137 e. The van der Waals surface area contributed by atoms with E-state index in [0.717, 1.165) is 19.0 Å². The van der Waals surface area contributed by atoms with Crippen LogP contribution < -0.4 is 5.32 Å². The van der Waals surface area contributed by atoms with Gasteiger partial charge < -0.3 is 5.32 Å². The van der Waals surface area contributed by atoms with E-state index in [1.807, 2.05) is 6.33 Å². The van der Waals surface area contributed by atoms with Gasteiger partial charge in [-0.15, -0.1) is 0 Å². The molecule has 1 aromatic rings. The van der Waals surface area contributed by atoms with Crippen molar-refractivity contribution in [2.75, 3.05) is 13.1 Å². The molecule has 0 radical (unpaired) electrons. The van der Waals surface area contributed by atoms with Crippen LogP contribution in [0.5, 0.6) is 0 Å². The third kappa shape index (κ3) is 1.99. The van der Waals surface area contributed by atoms with Crippen LogP contribution in [0.4, 0.5) is 0 Å². The molecule has 2 heterocycles. The number of rotatable bonds is 2. The van der Waals surface area contributed by atoms with E-state index in [4.69, 9.17) is 0 Å². The highest BCUT2D eigenvalue weighted by molar-refractivity contribution is 4.96. The Morgan fingerprint density at radius 1 is 1.12 bits per heavy atom. The van der Waals surface area contributed by atoms with E-state index in [9.17, 15) is 0 Å². The van der Waals surface area contributed by atoms with Crippen LogP contribution in [0.25, 0.3) is 0 Å². The summed E-state index contributed by atoms with van der Waals surface area (Å²) in [4.78, 5) is 4.17. The number of hydrogen-bond acceptors (Lipinski definition) is 3. The molecule has 0 aromatic carbocycles. The van der Waals surface area contributed by atoms with E-state index in [1.165, 1.54) is 44.9 Å². The average Bonchev–Trinajstić information content (AvgIpc) is 2.95. The Labute approximate surface area is 103 Å². The molecule has 3 rings (SSSR count). The standard InChI is InChI=1S/C13H22N4/c1-2-4-12(5-3-1)13(6-8-14-9-7-13)17-11-15-10-16-17/h10-12,14H,1-9H2. The minimum Gasteiger partial charge on any atom is -0.317 e. The van der Waals surface area contributed by atoms with Gasteiger partial charge in [0.25, 0.3) is 0 Å². The minimum absolute atomic E-state index is 0.252. The molecule has 0 atom stereocenters. The van der Waals surface area contributed by atoms with Crippen LogP contribution in [0.15, 0.2) is 12.7 Å². The molecule has 0 unspecified atom stereocenters. The Bertz CT molecular complexity index is 334. The van der Waals surface area contributed by atoms with E-state index in [1.54, 1.807) is 6.33 Å². The first-order chi connectivity index (χ1) is 8.42. The Balaban J connectivity index is 1.89. The maximum absolute atomic E-state index is 4.47. The monoisotopic (exact) mass is 234 g/mol. The van der Waals surface area contributed by atoms with Crippen molar-refractivity contribution in [1.29, 1.82) is 0 Å². The van der Waals surface area contributed by atoms with Crippen LogP contribution >= 0.6 is 0 Å². The van der Waals surface area contributed by atoms with Crippen molar-refractivity contribution in [2.24, 2.45) is 5.92 Å². The average molecular weight is 234 g/mol. The SMILES string of the molecule is c1ncn(C2(C3CCCCC3)CCNCC2)n1. The van der Waals surface area contributed by atoms with Crippen molar-refractivity contribution in [1.82, 2.24) is 20.1 Å². The lowest BCUT2D eigenvalue weighted by atomic mass is 9.70. The quantitative estimate of drug-likeness (QED) is 0.850. The summed E-state index contributed by atoms with van der Waals surface area (Å²) < 4.78 is 2.17. The zero-order valence-corrected chi connectivity index (χ0v) is 10.4. The third-order valence-electron chi connectivity index (χ3n) is 4.71. The van der Waals surface area contributed by atoms with Gasteiger partial charge in [-0.1, -0.05) is 19.3 Å². The van der Waals surface area contributed by atoms with Gasteiger partial charge in [-0.3, -0.25) is 0 Å². The van der Waals surface area contributed by atoms with Crippen molar-refractivity contribution < 1.29 is 0 Å². The van der Waals surface area contributed by atoms with E-state index >= 15 is 0 Å². The van der Waals surface area contributed by atoms with Crippen LogP contribution in [0, 0.1) is 5.92 Å². The normalized spacial score (nSPS) is 25.9. The Hall–Kier alpha value is -0.900. The minimum atomic E-state index is 0.252. The lowest BCUT2D eigenvalue weighted by Gasteiger charge is -2.45. The highest BCUT2D eigenvalue weighted by Gasteiger charge is 2.42. The third-order valence-corrected chi connectivity index (χ3v) is 4.71. The smallest absolute Gasteiger partial charge is 0.137 e. The van der Waals surface area contributed by atoms with Gasteiger partial charge in [-0.25, -0.2) is 9.67 Å². The van der Waals surface area contributed by atoms with Crippen molar-refractivity contribution in [3.63, 3.8) is 0 Å². The number of nitrogens with one attached hydrogen (secondary N) is 1. The topological polar surface area (TPSA) is 42.7 Å². The van der Waals surface area contributed by atoms with Gasteiger partial charge >= 0.3 is 0 Å². The predicted octanol–water partition coefficient (Wildman–Crippen LogP) is 1.94. The summed E-state index contributed by atoms with van der Waals surface area (Å²) in [6.45, 7) is 2.24. The Kier molecular flexibility index (Phi) is 3.14. The molecule has 0 spiro atoms. The molecule has 2 aliphatic rings. The molecule has 1 aliphatic carbocycles. The summed E-state index contributed by atoms with van der Waals surface area (Å²) in [6, 6.07) is 0.